The molecular formula is C15H19N3O3. The quantitative estimate of drug-likeness (QED) is 0.749. The minimum Gasteiger partial charge on any atom is -0.480 e. The van der Waals surface area contributed by atoms with E-state index in [-0.39, 0.29) is 0 Å². The maximum Gasteiger partial charge on any atom is 0.326 e. The van der Waals surface area contributed by atoms with Gasteiger partial charge in [-0.05, 0) is 31.0 Å². The number of carboxylic acid groups (broad SMARTS) is 1. The number of hydrogen-bond acceptors (Lipinski definition) is 3. The highest BCUT2D eigenvalue weighted by molar-refractivity contribution is 5.93. The zero-order valence-corrected chi connectivity index (χ0v) is 12.1. The minimum absolute atomic E-state index is 0.385. The van der Waals surface area contributed by atoms with Crippen LogP contribution in [0.1, 0.15) is 37.3 Å². The van der Waals surface area contributed by atoms with Crippen molar-refractivity contribution in [3.05, 3.63) is 29.3 Å². The molecule has 0 saturated heterocycles. The van der Waals surface area contributed by atoms with Crippen LogP contribution in [-0.4, -0.2) is 23.1 Å². The number of rotatable bonds is 6. The van der Waals surface area contributed by atoms with E-state index >= 15 is 0 Å². The Bertz CT molecular complexity index is 564. The van der Waals surface area contributed by atoms with Crippen LogP contribution in [0.3, 0.4) is 0 Å². The zero-order valence-electron chi connectivity index (χ0n) is 12.1. The molecule has 1 atom stereocenters. The van der Waals surface area contributed by atoms with Gasteiger partial charge in [0.1, 0.15) is 6.04 Å². The van der Waals surface area contributed by atoms with Gasteiger partial charge >= 0.3 is 12.0 Å². The summed E-state index contributed by atoms with van der Waals surface area (Å²) in [5.41, 5.74) is 1.72. The van der Waals surface area contributed by atoms with Crippen molar-refractivity contribution in [2.45, 2.75) is 39.2 Å². The monoisotopic (exact) mass is 289 g/mol. The van der Waals surface area contributed by atoms with Crippen molar-refractivity contribution in [2.24, 2.45) is 0 Å². The Labute approximate surface area is 123 Å². The van der Waals surface area contributed by atoms with E-state index in [2.05, 4.69) is 10.6 Å². The fourth-order valence-electron chi connectivity index (χ4n) is 1.81. The second-order valence-corrected chi connectivity index (χ2v) is 4.77. The molecule has 0 unspecified atom stereocenters. The van der Waals surface area contributed by atoms with Gasteiger partial charge in [-0.2, -0.15) is 5.26 Å². The first-order valence-electron chi connectivity index (χ1n) is 6.79. The van der Waals surface area contributed by atoms with Crippen LogP contribution in [0.25, 0.3) is 0 Å². The first-order valence-corrected chi connectivity index (χ1v) is 6.79. The fraction of sp³-hybridized carbons (Fsp3) is 0.400. The molecule has 1 rings (SSSR count). The summed E-state index contributed by atoms with van der Waals surface area (Å²) in [7, 11) is 0. The number of carboxylic acids is 1. The maximum absolute atomic E-state index is 11.9. The van der Waals surface area contributed by atoms with Crippen LogP contribution < -0.4 is 10.6 Å². The third-order valence-electron chi connectivity index (χ3n) is 3.06. The van der Waals surface area contributed by atoms with Crippen LogP contribution in [0.2, 0.25) is 0 Å². The highest BCUT2D eigenvalue weighted by Crippen LogP contribution is 2.16. The number of urea groups is 1. The minimum atomic E-state index is -1.05. The standard InChI is InChI=1S/C15H19N3O3/c1-3-4-5-12(14(19)20)17-15(21)18-13-8-11(9-16)7-6-10(13)2/h6-8,12H,3-5H2,1-2H3,(H,19,20)(H2,17,18,21)/t12-/m0/s1. The van der Waals surface area contributed by atoms with E-state index in [1.165, 1.54) is 0 Å². The molecule has 0 spiro atoms. The third kappa shape index (κ3) is 5.15. The molecule has 0 heterocycles. The van der Waals surface area contributed by atoms with E-state index in [9.17, 15) is 9.59 Å². The number of anilines is 1. The fourth-order valence-corrected chi connectivity index (χ4v) is 1.81. The molecule has 0 bridgehead atoms. The summed E-state index contributed by atoms with van der Waals surface area (Å²) < 4.78 is 0. The van der Waals surface area contributed by atoms with E-state index in [1.807, 2.05) is 13.0 Å². The zero-order chi connectivity index (χ0) is 15.8. The molecule has 0 radical (unpaired) electrons. The predicted octanol–water partition coefficient (Wildman–Crippen LogP) is 2.63. The molecule has 1 aromatic carbocycles. The lowest BCUT2D eigenvalue weighted by molar-refractivity contribution is -0.139. The Morgan fingerprint density at radius 3 is 2.71 bits per heavy atom. The highest BCUT2D eigenvalue weighted by atomic mass is 16.4. The first kappa shape index (κ1) is 16.5. The van der Waals surface area contributed by atoms with Gasteiger partial charge in [0.05, 0.1) is 11.6 Å². The summed E-state index contributed by atoms with van der Waals surface area (Å²) in [5, 5.41) is 22.9. The number of amides is 2. The van der Waals surface area contributed by atoms with Gasteiger partial charge < -0.3 is 15.7 Å². The van der Waals surface area contributed by atoms with Crippen LogP contribution in [-0.2, 0) is 4.79 Å². The lowest BCUT2D eigenvalue weighted by Crippen LogP contribution is -2.43. The van der Waals surface area contributed by atoms with E-state index in [0.717, 1.165) is 18.4 Å². The second kappa shape index (κ2) is 7.90. The van der Waals surface area contributed by atoms with Crippen LogP contribution in [0.15, 0.2) is 18.2 Å². The second-order valence-electron chi connectivity index (χ2n) is 4.77. The maximum atomic E-state index is 11.9. The molecule has 0 aromatic heterocycles. The number of carbonyl (C=O) groups excluding carboxylic acids is 1. The molecule has 1 aromatic rings. The Morgan fingerprint density at radius 2 is 2.14 bits per heavy atom. The Morgan fingerprint density at radius 1 is 1.43 bits per heavy atom. The normalized spacial score (nSPS) is 11.3. The Hall–Kier alpha value is -2.55. The van der Waals surface area contributed by atoms with Crippen LogP contribution in [0.4, 0.5) is 10.5 Å². The smallest absolute Gasteiger partial charge is 0.326 e. The number of nitriles is 1. The first-order chi connectivity index (χ1) is 9.97. The van der Waals surface area contributed by atoms with Crippen LogP contribution in [0.5, 0.6) is 0 Å². The van der Waals surface area contributed by atoms with Crippen molar-refractivity contribution in [3.63, 3.8) is 0 Å². The van der Waals surface area contributed by atoms with Crippen molar-refractivity contribution in [1.82, 2.24) is 5.32 Å². The largest absolute Gasteiger partial charge is 0.480 e. The van der Waals surface area contributed by atoms with E-state index in [4.69, 9.17) is 10.4 Å². The number of aryl methyl sites for hydroxylation is 1. The van der Waals surface area contributed by atoms with E-state index in [0.29, 0.717) is 17.7 Å². The Kier molecular flexibility index (Phi) is 6.21. The molecular weight excluding hydrogens is 270 g/mol. The number of carbonyl (C=O) groups is 2. The number of nitrogens with zero attached hydrogens (tertiary/aromatic N) is 1. The van der Waals surface area contributed by atoms with E-state index < -0.39 is 18.0 Å². The molecule has 0 aliphatic carbocycles. The molecule has 0 aliphatic heterocycles. The van der Waals surface area contributed by atoms with Gasteiger partial charge in [-0.25, -0.2) is 9.59 Å². The van der Waals surface area contributed by atoms with Crippen molar-refractivity contribution in [3.8, 4) is 6.07 Å². The molecule has 2 amide bonds. The molecule has 21 heavy (non-hydrogen) atoms. The van der Waals surface area contributed by atoms with Gasteiger partial charge in [0.2, 0.25) is 0 Å². The predicted molar refractivity (Wildman–Crippen MR) is 79.0 cm³/mol. The van der Waals surface area contributed by atoms with Crippen molar-refractivity contribution in [1.29, 1.82) is 5.26 Å². The van der Waals surface area contributed by atoms with Gasteiger partial charge in [0.15, 0.2) is 0 Å². The average Bonchev–Trinajstić information content (AvgIpc) is 2.45. The topological polar surface area (TPSA) is 102 Å². The van der Waals surface area contributed by atoms with E-state index in [1.54, 1.807) is 25.1 Å². The molecule has 0 fully saturated rings. The van der Waals surface area contributed by atoms with Crippen molar-refractivity contribution >= 4 is 17.7 Å². The molecule has 0 aliphatic rings. The number of hydrogen-bond donors (Lipinski definition) is 3. The average molecular weight is 289 g/mol. The Balaban J connectivity index is 2.72. The van der Waals surface area contributed by atoms with Gasteiger partial charge in [-0.3, -0.25) is 0 Å². The molecule has 112 valence electrons. The summed E-state index contributed by atoms with van der Waals surface area (Å²) in [6.07, 6.45) is 1.97. The molecule has 3 N–H and O–H groups in total. The highest BCUT2D eigenvalue weighted by Gasteiger charge is 2.19. The van der Waals surface area contributed by atoms with Crippen LogP contribution >= 0.6 is 0 Å². The summed E-state index contributed by atoms with van der Waals surface area (Å²) in [5.74, 6) is -1.05. The number of nitrogens with one attached hydrogen (secondary N) is 2. The molecule has 0 saturated carbocycles. The van der Waals surface area contributed by atoms with Gasteiger partial charge in [-0.1, -0.05) is 25.8 Å². The summed E-state index contributed by atoms with van der Waals surface area (Å²) in [6.45, 7) is 3.75. The summed E-state index contributed by atoms with van der Waals surface area (Å²) >= 11 is 0. The molecule has 6 heteroatoms. The number of benzene rings is 1. The van der Waals surface area contributed by atoms with Gasteiger partial charge in [0.25, 0.3) is 0 Å². The number of aliphatic carboxylic acids is 1. The summed E-state index contributed by atoms with van der Waals surface area (Å²) in [6, 6.07) is 5.42. The van der Waals surface area contributed by atoms with Crippen molar-refractivity contribution < 1.29 is 14.7 Å². The molecule has 6 nitrogen and oxygen atoms in total. The van der Waals surface area contributed by atoms with Crippen LogP contribution in [0, 0.1) is 18.3 Å². The third-order valence-corrected chi connectivity index (χ3v) is 3.06. The lowest BCUT2D eigenvalue weighted by Gasteiger charge is -2.15. The lowest BCUT2D eigenvalue weighted by atomic mass is 10.1. The number of unbranched alkanes of at least 4 members (excludes halogenated alkanes) is 1. The van der Waals surface area contributed by atoms with Gasteiger partial charge in [0, 0.05) is 5.69 Å². The SMILES string of the molecule is CCCC[C@H](NC(=O)Nc1cc(C#N)ccc1C)C(=O)O. The van der Waals surface area contributed by atoms with Crippen molar-refractivity contribution in [2.75, 3.05) is 5.32 Å². The van der Waals surface area contributed by atoms with Gasteiger partial charge in [-0.15, -0.1) is 0 Å². The summed E-state index contributed by atoms with van der Waals surface area (Å²) in [4.78, 5) is 22.9.